The lowest BCUT2D eigenvalue weighted by atomic mass is 10.3. The number of anilines is 1. The van der Waals surface area contributed by atoms with E-state index in [9.17, 15) is 4.79 Å². The molecule has 0 aliphatic heterocycles. The molecule has 0 fully saturated rings. The number of pyridine rings is 1. The molecule has 1 N–H and O–H groups in total. The second-order valence-electron chi connectivity index (χ2n) is 4.26. The first-order chi connectivity index (χ1) is 10.2. The number of hydrogen-bond acceptors (Lipinski definition) is 4. The van der Waals surface area contributed by atoms with Crippen molar-refractivity contribution in [2.24, 2.45) is 0 Å². The van der Waals surface area contributed by atoms with Crippen LogP contribution in [0.25, 0.3) is 0 Å². The van der Waals surface area contributed by atoms with E-state index in [-0.39, 0.29) is 12.5 Å². The number of carbonyl (C=O) groups is 1. The minimum absolute atomic E-state index is 0.0283. The van der Waals surface area contributed by atoms with Crippen molar-refractivity contribution in [1.82, 2.24) is 4.98 Å². The van der Waals surface area contributed by atoms with Gasteiger partial charge in [0.25, 0.3) is 0 Å². The molecule has 21 heavy (non-hydrogen) atoms. The molecule has 0 spiro atoms. The summed E-state index contributed by atoms with van der Waals surface area (Å²) in [5, 5.41) is 3.30. The summed E-state index contributed by atoms with van der Waals surface area (Å²) in [5.41, 5.74) is 1.48. The van der Waals surface area contributed by atoms with Gasteiger partial charge in [-0.25, -0.2) is 0 Å². The molecule has 0 saturated carbocycles. The van der Waals surface area contributed by atoms with Gasteiger partial charge in [-0.2, -0.15) is 0 Å². The largest absolute Gasteiger partial charge is 0.487 e. The van der Waals surface area contributed by atoms with Gasteiger partial charge in [0.2, 0.25) is 5.91 Å². The molecule has 0 saturated heterocycles. The maximum absolute atomic E-state index is 11.3. The number of aromatic nitrogens is 1. The third-order valence-corrected chi connectivity index (χ3v) is 2.81. The Labute approximate surface area is 127 Å². The molecule has 0 bridgehead atoms. The van der Waals surface area contributed by atoms with Crippen LogP contribution in [0, 0.1) is 0 Å². The Kier molecular flexibility index (Phi) is 5.54. The monoisotopic (exact) mass is 306 g/mol. The Hall–Kier alpha value is -2.11. The van der Waals surface area contributed by atoms with Crippen LogP contribution in [0.5, 0.6) is 5.75 Å². The number of ether oxygens (including phenoxy) is 2. The van der Waals surface area contributed by atoms with Gasteiger partial charge in [0.15, 0.2) is 0 Å². The first kappa shape index (κ1) is 15.3. The second kappa shape index (κ2) is 7.61. The van der Waals surface area contributed by atoms with E-state index in [1.165, 1.54) is 7.11 Å². The Morgan fingerprint density at radius 2 is 2.00 bits per heavy atom. The molecule has 6 heteroatoms. The molecule has 2 rings (SSSR count). The Morgan fingerprint density at radius 3 is 2.62 bits per heavy atom. The lowest BCUT2D eigenvalue weighted by Crippen LogP contribution is -2.16. The van der Waals surface area contributed by atoms with Crippen LogP contribution in [0.15, 0.2) is 42.6 Å². The van der Waals surface area contributed by atoms with E-state index < -0.39 is 0 Å². The maximum atomic E-state index is 11.3. The summed E-state index contributed by atoms with van der Waals surface area (Å²) in [6.45, 7) is 0.382. The van der Waals surface area contributed by atoms with E-state index in [0.29, 0.717) is 23.1 Å². The normalized spacial score (nSPS) is 10.2. The highest BCUT2D eigenvalue weighted by atomic mass is 35.5. The van der Waals surface area contributed by atoms with Gasteiger partial charge in [0, 0.05) is 19.0 Å². The van der Waals surface area contributed by atoms with Gasteiger partial charge < -0.3 is 14.8 Å². The van der Waals surface area contributed by atoms with Crippen LogP contribution in [-0.2, 0) is 16.1 Å². The molecule has 1 heterocycles. The van der Waals surface area contributed by atoms with Crippen LogP contribution in [0.3, 0.4) is 0 Å². The summed E-state index contributed by atoms with van der Waals surface area (Å²) in [7, 11) is 1.47. The first-order valence-electron chi connectivity index (χ1n) is 6.29. The van der Waals surface area contributed by atoms with Gasteiger partial charge in [-0.1, -0.05) is 11.6 Å². The zero-order valence-corrected chi connectivity index (χ0v) is 12.3. The number of rotatable bonds is 6. The molecule has 1 amide bonds. The lowest BCUT2D eigenvalue weighted by molar-refractivity contribution is -0.119. The summed E-state index contributed by atoms with van der Waals surface area (Å²) < 4.78 is 10.3. The van der Waals surface area contributed by atoms with E-state index in [2.05, 4.69) is 10.3 Å². The SMILES string of the molecule is COCC(=O)Nc1ccc(OCc2ccc(Cl)cn2)cc1. The predicted octanol–water partition coefficient (Wildman–Crippen LogP) is 2.90. The van der Waals surface area contributed by atoms with Crippen molar-refractivity contribution in [2.75, 3.05) is 19.0 Å². The third kappa shape index (κ3) is 5.06. The van der Waals surface area contributed by atoms with Crippen molar-refractivity contribution in [1.29, 1.82) is 0 Å². The Bertz CT molecular complexity index is 585. The number of nitrogens with one attached hydrogen (secondary N) is 1. The topological polar surface area (TPSA) is 60.5 Å². The molecule has 1 aromatic carbocycles. The van der Waals surface area contributed by atoms with E-state index in [1.54, 1.807) is 36.5 Å². The van der Waals surface area contributed by atoms with Gasteiger partial charge in [0.05, 0.1) is 10.7 Å². The fraction of sp³-hybridized carbons (Fsp3) is 0.200. The molecule has 0 unspecified atom stereocenters. The number of halogens is 1. The summed E-state index contributed by atoms with van der Waals surface area (Å²) in [5.74, 6) is 0.494. The molecule has 1 aromatic heterocycles. The van der Waals surface area contributed by atoms with Crippen LogP contribution in [0.2, 0.25) is 5.02 Å². The number of amides is 1. The van der Waals surface area contributed by atoms with Crippen LogP contribution >= 0.6 is 11.6 Å². The van der Waals surface area contributed by atoms with Crippen LogP contribution in [-0.4, -0.2) is 24.6 Å². The molecule has 0 atom stereocenters. The molecular formula is C15H15ClN2O3. The molecule has 110 valence electrons. The highest BCUT2D eigenvalue weighted by molar-refractivity contribution is 6.30. The molecule has 2 aromatic rings. The van der Waals surface area contributed by atoms with Gasteiger partial charge in [-0.3, -0.25) is 9.78 Å². The maximum Gasteiger partial charge on any atom is 0.250 e. The van der Waals surface area contributed by atoms with Crippen LogP contribution < -0.4 is 10.1 Å². The average Bonchev–Trinajstić information content (AvgIpc) is 2.48. The molecule has 0 aliphatic rings. The van der Waals surface area contributed by atoms with E-state index >= 15 is 0 Å². The predicted molar refractivity (Wildman–Crippen MR) is 80.5 cm³/mol. The smallest absolute Gasteiger partial charge is 0.250 e. The number of nitrogens with zero attached hydrogens (tertiary/aromatic N) is 1. The Balaban J connectivity index is 1.87. The van der Waals surface area contributed by atoms with Crippen LogP contribution in [0.4, 0.5) is 5.69 Å². The lowest BCUT2D eigenvalue weighted by Gasteiger charge is -2.08. The van der Waals surface area contributed by atoms with Crippen LogP contribution in [0.1, 0.15) is 5.69 Å². The fourth-order valence-electron chi connectivity index (χ4n) is 1.61. The number of methoxy groups -OCH3 is 1. The van der Waals surface area contributed by atoms with Crippen molar-refractivity contribution in [3.05, 3.63) is 53.3 Å². The van der Waals surface area contributed by atoms with E-state index in [4.69, 9.17) is 21.1 Å². The number of benzene rings is 1. The summed E-state index contributed by atoms with van der Waals surface area (Å²) in [4.78, 5) is 15.5. The highest BCUT2D eigenvalue weighted by Crippen LogP contribution is 2.17. The highest BCUT2D eigenvalue weighted by Gasteiger charge is 2.02. The Morgan fingerprint density at radius 1 is 1.24 bits per heavy atom. The third-order valence-electron chi connectivity index (χ3n) is 2.59. The van der Waals surface area contributed by atoms with Crippen molar-refractivity contribution in [3.8, 4) is 5.75 Å². The molecule has 5 nitrogen and oxygen atoms in total. The van der Waals surface area contributed by atoms with E-state index in [0.717, 1.165) is 5.69 Å². The van der Waals surface area contributed by atoms with Gasteiger partial charge >= 0.3 is 0 Å². The van der Waals surface area contributed by atoms with Gasteiger partial charge in [-0.05, 0) is 36.4 Å². The minimum Gasteiger partial charge on any atom is -0.487 e. The second-order valence-corrected chi connectivity index (χ2v) is 4.70. The quantitative estimate of drug-likeness (QED) is 0.891. The zero-order chi connectivity index (χ0) is 15.1. The van der Waals surface area contributed by atoms with Crippen molar-refractivity contribution >= 4 is 23.2 Å². The summed E-state index contributed by atoms with van der Waals surface area (Å²) in [6.07, 6.45) is 1.58. The minimum atomic E-state index is -0.198. The summed E-state index contributed by atoms with van der Waals surface area (Å²) >= 11 is 5.76. The van der Waals surface area contributed by atoms with Gasteiger partial charge in [0.1, 0.15) is 19.0 Å². The number of carbonyl (C=O) groups excluding carboxylic acids is 1. The molecule has 0 radical (unpaired) electrons. The molecule has 0 aliphatic carbocycles. The fourth-order valence-corrected chi connectivity index (χ4v) is 1.72. The average molecular weight is 307 g/mol. The van der Waals surface area contributed by atoms with Crippen molar-refractivity contribution in [2.45, 2.75) is 6.61 Å². The standard InChI is InChI=1S/C15H15ClN2O3/c1-20-10-15(19)18-12-4-6-14(7-5-12)21-9-13-3-2-11(16)8-17-13/h2-8H,9-10H2,1H3,(H,18,19). The van der Waals surface area contributed by atoms with E-state index in [1.807, 2.05) is 6.07 Å². The first-order valence-corrected chi connectivity index (χ1v) is 6.67. The number of hydrogen-bond donors (Lipinski definition) is 1. The van der Waals surface area contributed by atoms with Crippen molar-refractivity contribution in [3.63, 3.8) is 0 Å². The van der Waals surface area contributed by atoms with Gasteiger partial charge in [-0.15, -0.1) is 0 Å². The summed E-state index contributed by atoms with van der Waals surface area (Å²) in [6, 6.07) is 10.6. The van der Waals surface area contributed by atoms with Crippen molar-refractivity contribution < 1.29 is 14.3 Å². The zero-order valence-electron chi connectivity index (χ0n) is 11.5. The molecular weight excluding hydrogens is 292 g/mol.